The first-order chi connectivity index (χ1) is 11.1. The summed E-state index contributed by atoms with van der Waals surface area (Å²) in [6.45, 7) is 3.90. The van der Waals surface area contributed by atoms with E-state index in [4.69, 9.17) is 0 Å². The van der Waals surface area contributed by atoms with Crippen LogP contribution in [0.5, 0.6) is 0 Å². The summed E-state index contributed by atoms with van der Waals surface area (Å²) in [7, 11) is 1.80. The second-order valence-electron chi connectivity index (χ2n) is 7.52. The van der Waals surface area contributed by atoms with Gasteiger partial charge in [-0.25, -0.2) is 4.79 Å². The number of carbonyl (C=O) groups is 2. The highest BCUT2D eigenvalue weighted by molar-refractivity contribution is 5.78. The van der Waals surface area contributed by atoms with Crippen molar-refractivity contribution >= 4 is 11.9 Å². The van der Waals surface area contributed by atoms with Gasteiger partial charge in [0, 0.05) is 51.7 Å². The molecule has 6 nitrogen and oxygen atoms in total. The first-order valence-corrected chi connectivity index (χ1v) is 9.13. The van der Waals surface area contributed by atoms with E-state index in [9.17, 15) is 9.59 Å². The third-order valence-corrected chi connectivity index (χ3v) is 5.56. The number of rotatable bonds is 4. The second kappa shape index (κ2) is 7.51. The average Bonchev–Trinajstić information content (AvgIpc) is 3.16. The summed E-state index contributed by atoms with van der Waals surface area (Å²) in [6, 6.07) is 0.263. The first kappa shape index (κ1) is 16.6. The molecule has 3 aliphatic rings. The van der Waals surface area contributed by atoms with Crippen molar-refractivity contribution < 1.29 is 9.59 Å². The van der Waals surface area contributed by atoms with Crippen LogP contribution in [0.1, 0.15) is 44.9 Å². The third-order valence-electron chi connectivity index (χ3n) is 5.56. The number of hydrogen-bond donors (Lipinski definition) is 2. The van der Waals surface area contributed by atoms with Gasteiger partial charge in [-0.1, -0.05) is 12.8 Å². The molecule has 130 valence electrons. The molecule has 2 atom stereocenters. The molecule has 0 aromatic heterocycles. The highest BCUT2D eigenvalue weighted by atomic mass is 16.2. The summed E-state index contributed by atoms with van der Waals surface area (Å²) in [4.78, 5) is 27.8. The number of nitrogens with one attached hydrogen (secondary N) is 2. The Morgan fingerprint density at radius 1 is 1.09 bits per heavy atom. The number of urea groups is 1. The molecule has 0 aromatic rings. The van der Waals surface area contributed by atoms with Crippen molar-refractivity contribution in [2.45, 2.75) is 57.0 Å². The van der Waals surface area contributed by atoms with Gasteiger partial charge in [0.1, 0.15) is 0 Å². The summed E-state index contributed by atoms with van der Waals surface area (Å²) in [6.07, 6.45) is 7.85. The van der Waals surface area contributed by atoms with Gasteiger partial charge in [-0.2, -0.15) is 0 Å². The van der Waals surface area contributed by atoms with Crippen LogP contribution in [0.3, 0.4) is 0 Å². The van der Waals surface area contributed by atoms with Crippen molar-refractivity contribution in [2.75, 3.05) is 33.2 Å². The number of amides is 3. The van der Waals surface area contributed by atoms with Gasteiger partial charge in [-0.15, -0.1) is 0 Å². The smallest absolute Gasteiger partial charge is 0.315 e. The molecule has 2 saturated heterocycles. The molecule has 3 amide bonds. The number of hydrogen-bond acceptors (Lipinski definition) is 3. The van der Waals surface area contributed by atoms with Crippen LogP contribution in [0.15, 0.2) is 0 Å². The maximum Gasteiger partial charge on any atom is 0.315 e. The van der Waals surface area contributed by atoms with E-state index in [1.54, 1.807) is 11.9 Å². The first-order valence-electron chi connectivity index (χ1n) is 9.13. The van der Waals surface area contributed by atoms with Crippen molar-refractivity contribution in [1.82, 2.24) is 20.4 Å². The van der Waals surface area contributed by atoms with Crippen LogP contribution in [0.2, 0.25) is 0 Å². The predicted molar refractivity (Wildman–Crippen MR) is 89.1 cm³/mol. The zero-order valence-corrected chi connectivity index (χ0v) is 14.2. The van der Waals surface area contributed by atoms with E-state index in [1.165, 1.54) is 32.2 Å². The van der Waals surface area contributed by atoms with Crippen LogP contribution in [-0.2, 0) is 4.79 Å². The van der Waals surface area contributed by atoms with Crippen LogP contribution >= 0.6 is 0 Å². The molecule has 3 fully saturated rings. The minimum absolute atomic E-state index is 0.0775. The molecule has 23 heavy (non-hydrogen) atoms. The predicted octanol–water partition coefficient (Wildman–Crippen LogP) is 1.17. The van der Waals surface area contributed by atoms with Crippen LogP contribution in [0, 0.1) is 5.92 Å². The number of likely N-dealkylation sites (N-methyl/N-ethyl adjacent to an activating group) is 1. The molecule has 2 aliphatic heterocycles. The number of carbonyl (C=O) groups excluding carboxylic acids is 2. The minimum atomic E-state index is -0.0783. The van der Waals surface area contributed by atoms with Crippen molar-refractivity contribution in [1.29, 1.82) is 0 Å². The molecule has 2 heterocycles. The Morgan fingerprint density at radius 2 is 1.78 bits per heavy atom. The third kappa shape index (κ3) is 4.59. The van der Waals surface area contributed by atoms with Crippen LogP contribution < -0.4 is 10.6 Å². The van der Waals surface area contributed by atoms with Crippen LogP contribution in [-0.4, -0.2) is 67.0 Å². The maximum atomic E-state index is 12.2. The lowest BCUT2D eigenvalue weighted by Crippen LogP contribution is -2.53. The summed E-state index contributed by atoms with van der Waals surface area (Å²) >= 11 is 0. The van der Waals surface area contributed by atoms with Gasteiger partial charge in [0.2, 0.25) is 5.91 Å². The lowest BCUT2D eigenvalue weighted by Gasteiger charge is -2.30. The number of piperidine rings is 1. The van der Waals surface area contributed by atoms with Crippen molar-refractivity contribution in [3.63, 3.8) is 0 Å². The molecule has 0 unspecified atom stereocenters. The SMILES string of the molecule is CN1C[C@@H](NC(=O)N[C@H]2CCN(CC3CCCC3)C2)CCC1=O. The van der Waals surface area contributed by atoms with Gasteiger partial charge in [-0.3, -0.25) is 4.79 Å². The Labute approximate surface area is 139 Å². The van der Waals surface area contributed by atoms with Crippen molar-refractivity contribution in [3.8, 4) is 0 Å². The van der Waals surface area contributed by atoms with Gasteiger partial charge >= 0.3 is 6.03 Å². The van der Waals surface area contributed by atoms with Gasteiger partial charge in [0.15, 0.2) is 0 Å². The second-order valence-corrected chi connectivity index (χ2v) is 7.52. The van der Waals surface area contributed by atoms with Gasteiger partial charge < -0.3 is 20.4 Å². The Bertz CT molecular complexity index is 436. The van der Waals surface area contributed by atoms with E-state index in [0.29, 0.717) is 13.0 Å². The molecule has 1 saturated carbocycles. The van der Waals surface area contributed by atoms with Gasteiger partial charge in [-0.05, 0) is 31.6 Å². The Kier molecular flexibility index (Phi) is 5.41. The fourth-order valence-electron chi connectivity index (χ4n) is 4.22. The van der Waals surface area contributed by atoms with E-state index in [-0.39, 0.29) is 24.0 Å². The zero-order valence-electron chi connectivity index (χ0n) is 14.2. The Morgan fingerprint density at radius 3 is 2.48 bits per heavy atom. The van der Waals surface area contributed by atoms with E-state index < -0.39 is 0 Å². The molecule has 0 spiro atoms. The minimum Gasteiger partial charge on any atom is -0.344 e. The monoisotopic (exact) mass is 322 g/mol. The van der Waals surface area contributed by atoms with Crippen LogP contribution in [0.4, 0.5) is 4.79 Å². The average molecular weight is 322 g/mol. The molecule has 2 N–H and O–H groups in total. The standard InChI is InChI=1S/C17H30N4O2/c1-20-11-14(6-7-16(20)22)18-17(23)19-15-8-9-21(12-15)10-13-4-2-3-5-13/h13-15H,2-12H2,1H3,(H2,18,19,23)/t14-,15-/m0/s1. The van der Waals surface area contributed by atoms with E-state index in [0.717, 1.165) is 31.8 Å². The zero-order chi connectivity index (χ0) is 16.2. The summed E-state index contributed by atoms with van der Waals surface area (Å²) in [5.41, 5.74) is 0. The molecule has 0 aromatic carbocycles. The normalized spacial score (nSPS) is 30.0. The quantitative estimate of drug-likeness (QED) is 0.817. The summed E-state index contributed by atoms with van der Waals surface area (Å²) < 4.78 is 0. The molecular weight excluding hydrogens is 292 g/mol. The van der Waals surface area contributed by atoms with Gasteiger partial charge in [0.25, 0.3) is 0 Å². The molecule has 6 heteroatoms. The highest BCUT2D eigenvalue weighted by Gasteiger charge is 2.28. The fourth-order valence-corrected chi connectivity index (χ4v) is 4.22. The lowest BCUT2D eigenvalue weighted by atomic mass is 10.1. The van der Waals surface area contributed by atoms with Gasteiger partial charge in [0.05, 0.1) is 0 Å². The number of likely N-dealkylation sites (tertiary alicyclic amines) is 2. The molecule has 3 rings (SSSR count). The summed E-state index contributed by atoms with van der Waals surface area (Å²) in [5.74, 6) is 1.04. The van der Waals surface area contributed by atoms with Crippen molar-refractivity contribution in [2.24, 2.45) is 5.92 Å². The fraction of sp³-hybridized carbons (Fsp3) is 0.882. The van der Waals surface area contributed by atoms with E-state index in [1.807, 2.05) is 0 Å². The molecule has 0 bridgehead atoms. The van der Waals surface area contributed by atoms with E-state index in [2.05, 4.69) is 15.5 Å². The van der Waals surface area contributed by atoms with Crippen molar-refractivity contribution in [3.05, 3.63) is 0 Å². The lowest BCUT2D eigenvalue weighted by molar-refractivity contribution is -0.132. The Balaban J connectivity index is 1.36. The maximum absolute atomic E-state index is 12.2. The number of nitrogens with zero attached hydrogens (tertiary/aromatic N) is 2. The van der Waals surface area contributed by atoms with Crippen LogP contribution in [0.25, 0.3) is 0 Å². The van der Waals surface area contributed by atoms with E-state index >= 15 is 0 Å². The topological polar surface area (TPSA) is 64.7 Å². The molecule has 0 radical (unpaired) electrons. The Hall–Kier alpha value is -1.30. The molecular formula is C17H30N4O2. The largest absolute Gasteiger partial charge is 0.344 e. The summed E-state index contributed by atoms with van der Waals surface area (Å²) in [5, 5.41) is 6.13. The highest BCUT2D eigenvalue weighted by Crippen LogP contribution is 2.26. The molecule has 1 aliphatic carbocycles.